The fourth-order valence-corrected chi connectivity index (χ4v) is 4.05. The standard InChI is InChI=1S/C28H31N3O4/c1-33-25-15-14-21(19-26(25)34-2)20-28(32)29-16-8-13-27-30-23-11-6-7-12-24(23)31(27)17-18-35-22-9-4-3-5-10-22/h3-7,9-12,14-15,19H,8,13,16-18,20H2,1-2H3,(H,29,32). The second kappa shape index (κ2) is 11.9. The van der Waals surface area contributed by atoms with Gasteiger partial charge in [0.25, 0.3) is 0 Å². The molecule has 3 aromatic carbocycles. The SMILES string of the molecule is COc1ccc(CC(=O)NCCCc2nc3ccccc3n2CCOc2ccccc2)cc1OC. The molecule has 0 atom stereocenters. The Labute approximate surface area is 205 Å². The maximum Gasteiger partial charge on any atom is 0.224 e. The molecule has 1 N–H and O–H groups in total. The third-order valence-corrected chi connectivity index (χ3v) is 5.77. The van der Waals surface area contributed by atoms with Gasteiger partial charge in [0.15, 0.2) is 11.5 Å². The van der Waals surface area contributed by atoms with Gasteiger partial charge >= 0.3 is 0 Å². The molecule has 1 amide bonds. The molecule has 0 aliphatic rings. The number of rotatable bonds is 12. The lowest BCUT2D eigenvalue weighted by Crippen LogP contribution is -2.26. The van der Waals surface area contributed by atoms with Crippen molar-refractivity contribution in [2.45, 2.75) is 25.8 Å². The van der Waals surface area contributed by atoms with E-state index >= 15 is 0 Å². The number of fused-ring (bicyclic) bond motifs is 1. The number of amides is 1. The number of benzene rings is 3. The Morgan fingerprint density at radius 1 is 0.943 bits per heavy atom. The van der Waals surface area contributed by atoms with Crippen molar-refractivity contribution < 1.29 is 19.0 Å². The summed E-state index contributed by atoms with van der Waals surface area (Å²) in [6.07, 6.45) is 1.84. The summed E-state index contributed by atoms with van der Waals surface area (Å²) in [5, 5.41) is 3.01. The van der Waals surface area contributed by atoms with Crippen LogP contribution in [-0.4, -0.2) is 42.8 Å². The number of hydrogen-bond donors (Lipinski definition) is 1. The van der Waals surface area contributed by atoms with Gasteiger partial charge in [0, 0.05) is 13.0 Å². The summed E-state index contributed by atoms with van der Waals surface area (Å²) in [4.78, 5) is 17.3. The zero-order valence-electron chi connectivity index (χ0n) is 20.2. The lowest BCUT2D eigenvalue weighted by Gasteiger charge is -2.11. The molecule has 0 saturated carbocycles. The molecule has 0 unspecified atom stereocenters. The van der Waals surface area contributed by atoms with Gasteiger partial charge in [-0.15, -0.1) is 0 Å². The van der Waals surface area contributed by atoms with Gasteiger partial charge in [-0.1, -0.05) is 36.4 Å². The number of ether oxygens (including phenoxy) is 3. The average molecular weight is 474 g/mol. The minimum absolute atomic E-state index is 0.0259. The van der Waals surface area contributed by atoms with E-state index in [0.717, 1.165) is 41.0 Å². The van der Waals surface area contributed by atoms with Crippen molar-refractivity contribution in [2.24, 2.45) is 0 Å². The third kappa shape index (κ3) is 6.32. The highest BCUT2D eigenvalue weighted by molar-refractivity contribution is 5.79. The number of methoxy groups -OCH3 is 2. The number of nitrogens with zero attached hydrogens (tertiary/aromatic N) is 2. The Morgan fingerprint density at radius 2 is 1.71 bits per heavy atom. The fraction of sp³-hybridized carbons (Fsp3) is 0.286. The summed E-state index contributed by atoms with van der Waals surface area (Å²) in [5.41, 5.74) is 2.94. The van der Waals surface area contributed by atoms with Crippen molar-refractivity contribution in [3.8, 4) is 17.2 Å². The van der Waals surface area contributed by atoms with Crippen LogP contribution in [0.15, 0.2) is 72.8 Å². The molecule has 0 fully saturated rings. The quantitative estimate of drug-likeness (QED) is 0.308. The van der Waals surface area contributed by atoms with Crippen molar-refractivity contribution >= 4 is 16.9 Å². The number of para-hydroxylation sites is 3. The molecule has 1 aromatic heterocycles. The number of nitrogens with one attached hydrogen (secondary N) is 1. The first-order valence-corrected chi connectivity index (χ1v) is 11.8. The molecule has 4 rings (SSSR count). The molecule has 35 heavy (non-hydrogen) atoms. The Balaban J connectivity index is 1.31. The Bertz CT molecular complexity index is 1250. The van der Waals surface area contributed by atoms with E-state index < -0.39 is 0 Å². The summed E-state index contributed by atoms with van der Waals surface area (Å²) in [5.74, 6) is 3.09. The first kappa shape index (κ1) is 24.1. The molecule has 0 saturated heterocycles. The number of aryl methyl sites for hydroxylation is 1. The van der Waals surface area contributed by atoms with Crippen LogP contribution in [0.25, 0.3) is 11.0 Å². The van der Waals surface area contributed by atoms with Gasteiger partial charge in [0.2, 0.25) is 5.91 Å². The van der Waals surface area contributed by atoms with E-state index in [9.17, 15) is 4.79 Å². The Hall–Kier alpha value is -4.00. The van der Waals surface area contributed by atoms with Crippen molar-refractivity contribution in [2.75, 3.05) is 27.4 Å². The van der Waals surface area contributed by atoms with Crippen LogP contribution < -0.4 is 19.5 Å². The fourth-order valence-electron chi connectivity index (χ4n) is 4.05. The minimum atomic E-state index is -0.0259. The highest BCUT2D eigenvalue weighted by Gasteiger charge is 2.12. The molecule has 0 aliphatic heterocycles. The molecular weight excluding hydrogens is 442 g/mol. The van der Waals surface area contributed by atoms with E-state index in [0.29, 0.717) is 31.2 Å². The molecule has 1 heterocycles. The van der Waals surface area contributed by atoms with Crippen LogP contribution >= 0.6 is 0 Å². The molecule has 182 valence electrons. The largest absolute Gasteiger partial charge is 0.493 e. The normalized spacial score (nSPS) is 10.8. The molecular formula is C28H31N3O4. The maximum absolute atomic E-state index is 12.4. The van der Waals surface area contributed by atoms with E-state index in [4.69, 9.17) is 19.2 Å². The summed E-state index contributed by atoms with van der Waals surface area (Å²) in [7, 11) is 3.18. The van der Waals surface area contributed by atoms with Gasteiger partial charge in [0.05, 0.1) is 38.2 Å². The highest BCUT2D eigenvalue weighted by atomic mass is 16.5. The third-order valence-electron chi connectivity index (χ3n) is 5.77. The summed E-state index contributed by atoms with van der Waals surface area (Å²) >= 11 is 0. The molecule has 0 radical (unpaired) electrons. The minimum Gasteiger partial charge on any atom is -0.493 e. The van der Waals surface area contributed by atoms with Crippen molar-refractivity contribution in [1.29, 1.82) is 0 Å². The molecule has 7 nitrogen and oxygen atoms in total. The molecule has 0 spiro atoms. The number of imidazole rings is 1. The monoisotopic (exact) mass is 473 g/mol. The zero-order valence-corrected chi connectivity index (χ0v) is 20.2. The number of hydrogen-bond acceptors (Lipinski definition) is 5. The van der Waals surface area contributed by atoms with Gasteiger partial charge in [-0.2, -0.15) is 0 Å². The van der Waals surface area contributed by atoms with Crippen LogP contribution in [0.1, 0.15) is 17.8 Å². The summed E-state index contributed by atoms with van der Waals surface area (Å²) in [6.45, 7) is 1.84. The van der Waals surface area contributed by atoms with Gasteiger partial charge in [0.1, 0.15) is 18.2 Å². The highest BCUT2D eigenvalue weighted by Crippen LogP contribution is 2.27. The van der Waals surface area contributed by atoms with E-state index in [1.54, 1.807) is 14.2 Å². The average Bonchev–Trinajstić information content (AvgIpc) is 3.24. The van der Waals surface area contributed by atoms with E-state index in [2.05, 4.69) is 16.0 Å². The van der Waals surface area contributed by atoms with Crippen LogP contribution in [0, 0.1) is 0 Å². The van der Waals surface area contributed by atoms with E-state index in [1.165, 1.54) is 0 Å². The molecule has 4 aromatic rings. The van der Waals surface area contributed by atoms with Gasteiger partial charge < -0.3 is 24.1 Å². The maximum atomic E-state index is 12.4. The van der Waals surface area contributed by atoms with Crippen LogP contribution in [0.5, 0.6) is 17.2 Å². The predicted molar refractivity (Wildman–Crippen MR) is 136 cm³/mol. The topological polar surface area (TPSA) is 74.6 Å². The Morgan fingerprint density at radius 3 is 2.51 bits per heavy atom. The number of carbonyl (C=O) groups is 1. The van der Waals surface area contributed by atoms with Crippen molar-refractivity contribution in [1.82, 2.24) is 14.9 Å². The second-order valence-corrected chi connectivity index (χ2v) is 8.15. The first-order valence-electron chi connectivity index (χ1n) is 11.8. The Kier molecular flexibility index (Phi) is 8.22. The molecule has 0 aliphatic carbocycles. The molecule has 0 bridgehead atoms. The summed E-state index contributed by atoms with van der Waals surface area (Å²) in [6, 6.07) is 23.5. The first-order chi connectivity index (χ1) is 17.2. The van der Waals surface area contributed by atoms with E-state index in [-0.39, 0.29) is 12.3 Å². The second-order valence-electron chi connectivity index (χ2n) is 8.15. The molecule has 7 heteroatoms. The van der Waals surface area contributed by atoms with Crippen molar-refractivity contribution in [3.05, 3.63) is 84.2 Å². The van der Waals surface area contributed by atoms with Crippen LogP contribution in [0.2, 0.25) is 0 Å². The van der Waals surface area contributed by atoms with E-state index in [1.807, 2.05) is 66.7 Å². The summed E-state index contributed by atoms with van der Waals surface area (Å²) < 4.78 is 18.7. The number of aromatic nitrogens is 2. The van der Waals surface area contributed by atoms with Gasteiger partial charge in [-0.25, -0.2) is 4.98 Å². The zero-order chi connectivity index (χ0) is 24.5. The van der Waals surface area contributed by atoms with Crippen LogP contribution in [-0.2, 0) is 24.2 Å². The van der Waals surface area contributed by atoms with Crippen LogP contribution in [0.4, 0.5) is 0 Å². The number of carbonyl (C=O) groups excluding carboxylic acids is 1. The predicted octanol–water partition coefficient (Wildman–Crippen LogP) is 4.42. The lowest BCUT2D eigenvalue weighted by atomic mass is 10.1. The van der Waals surface area contributed by atoms with Crippen molar-refractivity contribution in [3.63, 3.8) is 0 Å². The lowest BCUT2D eigenvalue weighted by molar-refractivity contribution is -0.120. The smallest absolute Gasteiger partial charge is 0.224 e. The van der Waals surface area contributed by atoms with Gasteiger partial charge in [-0.05, 0) is 48.4 Å². The van der Waals surface area contributed by atoms with Crippen LogP contribution in [0.3, 0.4) is 0 Å². The van der Waals surface area contributed by atoms with Gasteiger partial charge in [-0.3, -0.25) is 4.79 Å².